The molecular weight excluding hydrogens is 89.7 g/mol. The third kappa shape index (κ3) is 5.47. The Morgan fingerprint density at radius 1 is 1.14 bits per heavy atom. The summed E-state index contributed by atoms with van der Waals surface area (Å²) < 4.78 is 0. The van der Waals surface area contributed by atoms with E-state index in [-0.39, 0.29) is 6.42 Å². The van der Waals surface area contributed by atoms with Crippen LogP contribution in [0.4, 0.5) is 0 Å². The maximum atomic E-state index is 9.73. The molecule has 0 spiro atoms. The van der Waals surface area contributed by atoms with Crippen LogP contribution in [0.15, 0.2) is 0 Å². The minimum absolute atomic E-state index is 0.361. The number of hydrogen-bond acceptors (Lipinski definition) is 2. The quantitative estimate of drug-likeness (QED) is 0.315. The van der Waals surface area contributed by atoms with E-state index in [1.807, 2.05) is 0 Å². The van der Waals surface area contributed by atoms with Crippen LogP contribution in [0.2, 0.25) is 0 Å². The van der Waals surface area contributed by atoms with E-state index in [1.54, 1.807) is 0 Å². The van der Waals surface area contributed by atoms with Gasteiger partial charge < -0.3 is 9.59 Å². The first-order valence-corrected chi connectivity index (χ1v) is 1.69. The van der Waals surface area contributed by atoms with Crippen molar-refractivity contribution in [1.29, 1.82) is 0 Å². The summed E-state index contributed by atoms with van der Waals surface area (Å²) in [5.41, 5.74) is -1.37. The molecule has 32 valence electrons. The third-order valence-corrected chi connectivity index (χ3v) is 0.348. The van der Waals surface area contributed by atoms with E-state index in [4.69, 9.17) is 0 Å². The highest BCUT2D eigenvalue weighted by molar-refractivity contribution is 6.67. The Kier molecular flexibility index (Phi) is 2.41. The molecule has 0 aromatic rings. The highest BCUT2D eigenvalue weighted by Gasteiger charge is 1.93. The van der Waals surface area contributed by atoms with Gasteiger partial charge in [0.25, 0.3) is 0 Å². The minimum atomic E-state index is -0.687. The predicted molar refractivity (Wildman–Crippen MR) is 26.1 cm³/mol. The van der Waals surface area contributed by atoms with Crippen LogP contribution in [0, 0.1) is 0 Å². The zero-order valence-corrected chi connectivity index (χ0v) is 3.68. The first-order valence-electron chi connectivity index (χ1n) is 1.69. The fourth-order valence-corrected chi connectivity index (χ4v) is 0.172. The Bertz CT molecular complexity index is 87.1. The number of carbonyl (C=O) groups excluding carboxylic acids is 2. The van der Waals surface area contributed by atoms with E-state index in [0.29, 0.717) is 0 Å². The molecule has 4 radical (unpaired) electrons. The van der Waals surface area contributed by atoms with Gasteiger partial charge >= 0.3 is 0 Å². The summed E-state index contributed by atoms with van der Waals surface area (Å²) in [6.07, 6.45) is -0.361. The number of rotatable bonds is 2. The summed E-state index contributed by atoms with van der Waals surface area (Å²) in [6.45, 7) is 0. The van der Waals surface area contributed by atoms with Crippen molar-refractivity contribution in [1.82, 2.24) is 0 Å². The van der Waals surface area contributed by atoms with E-state index in [0.717, 1.165) is 0 Å². The molecule has 0 aliphatic carbocycles. The van der Waals surface area contributed by atoms with E-state index < -0.39 is 11.4 Å². The Morgan fingerprint density at radius 3 is 1.43 bits per heavy atom. The Hall–Kier alpha value is -0.530. The normalized spacial score (nSPS) is 8.00. The topological polar surface area (TPSA) is 34.1 Å². The van der Waals surface area contributed by atoms with Gasteiger partial charge in [0, 0.05) is 6.42 Å². The maximum Gasteiger partial charge on any atom is 0.168 e. The maximum absolute atomic E-state index is 9.73. The van der Waals surface area contributed by atoms with Gasteiger partial charge in [0.2, 0.25) is 0 Å². The van der Waals surface area contributed by atoms with E-state index in [9.17, 15) is 9.59 Å². The predicted octanol–water partition coefficient (Wildman–Crippen LogP) is -1.23. The summed E-state index contributed by atoms with van der Waals surface area (Å²) in [5.74, 6) is 0. The fraction of sp³-hybridized carbons (Fsp3) is 0.333. The van der Waals surface area contributed by atoms with Gasteiger partial charge in [0.05, 0.1) is 11.4 Å². The van der Waals surface area contributed by atoms with Crippen LogP contribution >= 0.6 is 0 Å². The molecule has 0 aromatic heterocycles. The van der Waals surface area contributed by atoms with Gasteiger partial charge in [-0.15, -0.1) is 0 Å². The molecule has 0 aliphatic heterocycles. The van der Waals surface area contributed by atoms with Crippen molar-refractivity contribution in [2.24, 2.45) is 0 Å². The zero-order chi connectivity index (χ0) is 5.86. The van der Waals surface area contributed by atoms with Crippen molar-refractivity contribution >= 4 is 27.1 Å². The average molecular weight is 91.7 g/mol. The molecule has 4 heteroatoms. The van der Waals surface area contributed by atoms with Crippen molar-refractivity contribution in [3.8, 4) is 0 Å². The van der Waals surface area contributed by atoms with E-state index >= 15 is 0 Å². The second kappa shape index (κ2) is 2.61. The van der Waals surface area contributed by atoms with Gasteiger partial charge in [-0.2, -0.15) is 0 Å². The molecule has 0 aliphatic rings. The summed E-state index contributed by atoms with van der Waals surface area (Å²) >= 11 is 0. The third-order valence-electron chi connectivity index (χ3n) is 0.348. The van der Waals surface area contributed by atoms with Crippen LogP contribution in [0.25, 0.3) is 0 Å². The average Bonchev–Trinajstić information content (AvgIpc) is 1.27. The van der Waals surface area contributed by atoms with Gasteiger partial charge in [0.1, 0.15) is 0 Å². The molecule has 0 atom stereocenters. The first kappa shape index (κ1) is 6.47. The van der Waals surface area contributed by atoms with Gasteiger partial charge in [0.15, 0.2) is 15.7 Å². The molecular formula is C3H2B2O2. The molecule has 0 fully saturated rings. The fourth-order valence-electron chi connectivity index (χ4n) is 0.172. The van der Waals surface area contributed by atoms with Crippen molar-refractivity contribution in [3.05, 3.63) is 0 Å². The Morgan fingerprint density at radius 2 is 1.43 bits per heavy atom. The SMILES string of the molecule is [B]C(=O)CC([B])=O. The Labute approximate surface area is 44.1 Å². The van der Waals surface area contributed by atoms with Gasteiger partial charge in [-0.1, -0.05) is 0 Å². The summed E-state index contributed by atoms with van der Waals surface area (Å²) in [6, 6.07) is 0. The molecule has 0 rings (SSSR count). The minimum Gasteiger partial charge on any atom is -0.312 e. The largest absolute Gasteiger partial charge is 0.312 e. The molecule has 0 unspecified atom stereocenters. The van der Waals surface area contributed by atoms with Crippen molar-refractivity contribution in [3.63, 3.8) is 0 Å². The molecule has 0 amide bonds. The lowest BCUT2D eigenvalue weighted by atomic mass is 9.90. The smallest absolute Gasteiger partial charge is 0.168 e. The second-order valence-corrected chi connectivity index (χ2v) is 1.11. The van der Waals surface area contributed by atoms with Gasteiger partial charge in [-0.25, -0.2) is 0 Å². The second-order valence-electron chi connectivity index (χ2n) is 1.11. The van der Waals surface area contributed by atoms with Crippen LogP contribution in [0.5, 0.6) is 0 Å². The Balaban J connectivity index is 3.32. The van der Waals surface area contributed by atoms with Gasteiger partial charge in [-0.3, -0.25) is 0 Å². The molecule has 0 heterocycles. The van der Waals surface area contributed by atoms with Crippen LogP contribution in [0.3, 0.4) is 0 Å². The lowest BCUT2D eigenvalue weighted by Gasteiger charge is -1.82. The molecule has 2 nitrogen and oxygen atoms in total. The van der Waals surface area contributed by atoms with Crippen LogP contribution in [0.1, 0.15) is 6.42 Å². The van der Waals surface area contributed by atoms with Crippen molar-refractivity contribution in [2.75, 3.05) is 0 Å². The molecule has 0 saturated heterocycles. The lowest BCUT2D eigenvalue weighted by Crippen LogP contribution is -2.05. The molecule has 0 saturated carbocycles. The van der Waals surface area contributed by atoms with E-state index in [2.05, 4.69) is 15.7 Å². The van der Waals surface area contributed by atoms with Crippen molar-refractivity contribution < 1.29 is 9.59 Å². The lowest BCUT2D eigenvalue weighted by molar-refractivity contribution is -0.118. The first-order chi connectivity index (χ1) is 3.13. The zero-order valence-electron chi connectivity index (χ0n) is 3.68. The highest BCUT2D eigenvalue weighted by Crippen LogP contribution is 1.73. The summed E-state index contributed by atoms with van der Waals surface area (Å²) in [7, 11) is 9.11. The summed E-state index contributed by atoms with van der Waals surface area (Å²) in [4.78, 5) is 19.5. The van der Waals surface area contributed by atoms with Crippen LogP contribution in [-0.4, -0.2) is 27.1 Å². The number of hydrogen-bond donors (Lipinski definition) is 0. The summed E-state index contributed by atoms with van der Waals surface area (Å²) in [5, 5.41) is 0. The molecule has 0 N–H and O–H groups in total. The van der Waals surface area contributed by atoms with Crippen LogP contribution in [-0.2, 0) is 9.59 Å². The van der Waals surface area contributed by atoms with Crippen molar-refractivity contribution in [2.45, 2.75) is 6.42 Å². The molecule has 7 heavy (non-hydrogen) atoms. The number of carbonyl (C=O) groups is 2. The molecule has 0 aromatic carbocycles. The van der Waals surface area contributed by atoms with E-state index in [1.165, 1.54) is 0 Å². The van der Waals surface area contributed by atoms with Crippen LogP contribution < -0.4 is 0 Å². The molecule has 0 bridgehead atoms. The highest BCUT2D eigenvalue weighted by atomic mass is 16.1. The monoisotopic (exact) mass is 92.0 g/mol. The van der Waals surface area contributed by atoms with Gasteiger partial charge in [-0.05, 0) is 0 Å². The standard InChI is InChI=1S/C3H2B2O2/c4-2(6)1-3(5)7/h1H2.